The average Bonchev–Trinajstić information content (AvgIpc) is 3.09. The number of likely N-dealkylation sites (tertiary alicyclic amines) is 1. The van der Waals surface area contributed by atoms with Crippen LogP contribution in [0.25, 0.3) is 0 Å². The minimum atomic E-state index is -1.36. The third-order valence-electron chi connectivity index (χ3n) is 5.51. The summed E-state index contributed by atoms with van der Waals surface area (Å²) in [5.74, 6) is -5.08. The van der Waals surface area contributed by atoms with Gasteiger partial charge < -0.3 is 19.3 Å². The van der Waals surface area contributed by atoms with Crippen molar-refractivity contribution in [3.8, 4) is 0 Å². The monoisotopic (exact) mass is 456 g/mol. The zero-order chi connectivity index (χ0) is 24.0. The third-order valence-corrected chi connectivity index (χ3v) is 5.51. The standard InChI is InChI=1S/C22H27F3N2O5/c1-5-8-26(21(13(2)31-3)22(30)32-4)19(29)11-16-6-7-18(28)27(16)12-14-9-15(23)10-17(24)20(14)25/h5,9-10,13,16,21H,1,6-8,11-12H2,2-4H3/t13-,16+,21+/m1/s1. The van der Waals surface area contributed by atoms with Gasteiger partial charge in [0.15, 0.2) is 17.7 Å². The molecule has 1 heterocycles. The van der Waals surface area contributed by atoms with Gasteiger partial charge in [0.25, 0.3) is 0 Å². The Balaban J connectivity index is 2.25. The highest BCUT2D eigenvalue weighted by atomic mass is 19.2. The number of hydrogen-bond donors (Lipinski definition) is 0. The molecular weight excluding hydrogens is 429 g/mol. The minimum absolute atomic E-state index is 0.0245. The Hall–Kier alpha value is -2.88. The van der Waals surface area contributed by atoms with Crippen LogP contribution in [0.1, 0.15) is 31.7 Å². The van der Waals surface area contributed by atoms with E-state index in [1.54, 1.807) is 6.92 Å². The van der Waals surface area contributed by atoms with Crippen LogP contribution in [0.5, 0.6) is 0 Å². The van der Waals surface area contributed by atoms with Crippen molar-refractivity contribution in [2.45, 2.75) is 50.9 Å². The van der Waals surface area contributed by atoms with Crippen LogP contribution >= 0.6 is 0 Å². The van der Waals surface area contributed by atoms with E-state index in [0.29, 0.717) is 12.5 Å². The van der Waals surface area contributed by atoms with E-state index in [1.165, 1.54) is 30.1 Å². The van der Waals surface area contributed by atoms with Gasteiger partial charge in [-0.05, 0) is 19.4 Å². The van der Waals surface area contributed by atoms with Crippen LogP contribution < -0.4 is 0 Å². The molecule has 1 fully saturated rings. The molecule has 0 bridgehead atoms. The molecule has 1 saturated heterocycles. The lowest BCUT2D eigenvalue weighted by molar-refractivity contribution is -0.158. The molecule has 0 N–H and O–H groups in total. The molecule has 1 aromatic rings. The molecule has 3 atom stereocenters. The molecule has 0 aliphatic carbocycles. The summed E-state index contributed by atoms with van der Waals surface area (Å²) in [6.45, 7) is 4.86. The number of halogens is 3. The van der Waals surface area contributed by atoms with E-state index < -0.39 is 47.5 Å². The van der Waals surface area contributed by atoms with Crippen LogP contribution in [-0.4, -0.2) is 66.5 Å². The number of carbonyl (C=O) groups is 3. The predicted octanol–water partition coefficient (Wildman–Crippen LogP) is 2.58. The van der Waals surface area contributed by atoms with E-state index in [-0.39, 0.29) is 37.4 Å². The molecule has 1 aliphatic heterocycles. The summed E-state index contributed by atoms with van der Waals surface area (Å²) in [5.41, 5.74) is -0.321. The van der Waals surface area contributed by atoms with Crippen molar-refractivity contribution in [1.82, 2.24) is 9.80 Å². The lowest BCUT2D eigenvalue weighted by atomic mass is 10.1. The van der Waals surface area contributed by atoms with Gasteiger partial charge in [-0.1, -0.05) is 6.08 Å². The second-order valence-corrected chi connectivity index (χ2v) is 7.52. The Bertz CT molecular complexity index is 879. The summed E-state index contributed by atoms with van der Waals surface area (Å²) < 4.78 is 51.3. The Morgan fingerprint density at radius 1 is 1.31 bits per heavy atom. The summed E-state index contributed by atoms with van der Waals surface area (Å²) in [7, 11) is 2.58. The first-order valence-corrected chi connectivity index (χ1v) is 10.1. The summed E-state index contributed by atoms with van der Waals surface area (Å²) in [4.78, 5) is 40.3. The number of nitrogens with zero attached hydrogens (tertiary/aromatic N) is 2. The highest BCUT2D eigenvalue weighted by Gasteiger charge is 2.39. The molecule has 176 valence electrons. The highest BCUT2D eigenvalue weighted by Crippen LogP contribution is 2.27. The lowest BCUT2D eigenvalue weighted by Crippen LogP contribution is -2.53. The Labute approximate surface area is 184 Å². The fourth-order valence-electron chi connectivity index (χ4n) is 3.78. The SMILES string of the molecule is C=CCN(C(=O)C[C@@H]1CCC(=O)N1Cc1cc(F)cc(F)c1F)[C@H](C(=O)OC)[C@@H](C)OC. The maximum atomic E-state index is 14.1. The number of ether oxygens (including phenoxy) is 2. The van der Waals surface area contributed by atoms with Gasteiger partial charge in [0.1, 0.15) is 5.82 Å². The molecule has 1 aliphatic rings. The van der Waals surface area contributed by atoms with Crippen LogP contribution in [0.3, 0.4) is 0 Å². The molecule has 10 heteroatoms. The maximum Gasteiger partial charge on any atom is 0.331 e. The van der Waals surface area contributed by atoms with Gasteiger partial charge in [-0.25, -0.2) is 18.0 Å². The van der Waals surface area contributed by atoms with Gasteiger partial charge in [-0.2, -0.15) is 0 Å². The van der Waals surface area contributed by atoms with Gasteiger partial charge in [0.2, 0.25) is 11.8 Å². The number of amides is 2. The van der Waals surface area contributed by atoms with E-state index >= 15 is 0 Å². The Morgan fingerprint density at radius 3 is 2.59 bits per heavy atom. The van der Waals surface area contributed by atoms with Crippen LogP contribution in [0, 0.1) is 17.5 Å². The van der Waals surface area contributed by atoms with E-state index in [0.717, 1.165) is 6.07 Å². The third kappa shape index (κ3) is 5.67. The first-order valence-electron chi connectivity index (χ1n) is 10.1. The fourth-order valence-corrected chi connectivity index (χ4v) is 3.78. The molecule has 2 rings (SSSR count). The zero-order valence-corrected chi connectivity index (χ0v) is 18.3. The van der Waals surface area contributed by atoms with Crippen molar-refractivity contribution in [2.75, 3.05) is 20.8 Å². The molecular formula is C22H27F3N2O5. The first-order chi connectivity index (χ1) is 15.1. The van der Waals surface area contributed by atoms with Gasteiger partial charge >= 0.3 is 5.97 Å². The normalized spacial score (nSPS) is 17.8. The van der Waals surface area contributed by atoms with Crippen LogP contribution in [0.2, 0.25) is 0 Å². The fraction of sp³-hybridized carbons (Fsp3) is 0.500. The smallest absolute Gasteiger partial charge is 0.331 e. The Kier molecular flexibility index (Phi) is 8.82. The number of carbonyl (C=O) groups excluding carboxylic acids is 3. The van der Waals surface area contributed by atoms with Crippen molar-refractivity contribution in [2.24, 2.45) is 0 Å². The first kappa shape index (κ1) is 25.4. The average molecular weight is 456 g/mol. The van der Waals surface area contributed by atoms with Gasteiger partial charge in [0, 0.05) is 50.7 Å². The van der Waals surface area contributed by atoms with Crippen LogP contribution in [0.4, 0.5) is 13.2 Å². The Morgan fingerprint density at radius 2 is 2.00 bits per heavy atom. The molecule has 7 nitrogen and oxygen atoms in total. The lowest BCUT2D eigenvalue weighted by Gasteiger charge is -2.34. The van der Waals surface area contributed by atoms with Gasteiger partial charge in [-0.3, -0.25) is 9.59 Å². The maximum absolute atomic E-state index is 14.1. The number of benzene rings is 1. The van der Waals surface area contributed by atoms with Crippen molar-refractivity contribution in [1.29, 1.82) is 0 Å². The highest BCUT2D eigenvalue weighted by molar-refractivity contribution is 5.86. The minimum Gasteiger partial charge on any atom is -0.467 e. The zero-order valence-electron chi connectivity index (χ0n) is 18.3. The van der Waals surface area contributed by atoms with E-state index in [9.17, 15) is 27.6 Å². The van der Waals surface area contributed by atoms with Crippen molar-refractivity contribution < 1.29 is 37.0 Å². The summed E-state index contributed by atoms with van der Waals surface area (Å²) in [6, 6.07) is -0.441. The molecule has 0 radical (unpaired) electrons. The van der Waals surface area contributed by atoms with Crippen LogP contribution in [0.15, 0.2) is 24.8 Å². The molecule has 0 unspecified atom stereocenters. The summed E-state index contributed by atoms with van der Waals surface area (Å²) in [6.07, 6.45) is 0.987. The number of rotatable bonds is 10. The number of esters is 1. The van der Waals surface area contributed by atoms with Crippen molar-refractivity contribution >= 4 is 17.8 Å². The molecule has 32 heavy (non-hydrogen) atoms. The molecule has 0 aromatic heterocycles. The summed E-state index contributed by atoms with van der Waals surface area (Å²) >= 11 is 0. The van der Waals surface area contributed by atoms with Crippen molar-refractivity contribution in [3.05, 3.63) is 47.8 Å². The number of methoxy groups -OCH3 is 2. The van der Waals surface area contributed by atoms with Gasteiger partial charge in [-0.15, -0.1) is 6.58 Å². The quantitative estimate of drug-likeness (QED) is 0.307. The van der Waals surface area contributed by atoms with Crippen LogP contribution in [-0.2, 0) is 30.4 Å². The topological polar surface area (TPSA) is 76.2 Å². The van der Waals surface area contributed by atoms with E-state index in [4.69, 9.17) is 9.47 Å². The molecule has 2 amide bonds. The number of hydrogen-bond acceptors (Lipinski definition) is 5. The largest absolute Gasteiger partial charge is 0.467 e. The van der Waals surface area contributed by atoms with E-state index in [2.05, 4.69) is 6.58 Å². The second-order valence-electron chi connectivity index (χ2n) is 7.52. The molecule has 0 saturated carbocycles. The van der Waals surface area contributed by atoms with Gasteiger partial charge in [0.05, 0.1) is 13.2 Å². The second kappa shape index (κ2) is 11.1. The molecule has 0 spiro atoms. The summed E-state index contributed by atoms with van der Waals surface area (Å²) in [5, 5.41) is 0. The predicted molar refractivity (Wildman–Crippen MR) is 109 cm³/mol. The molecule has 1 aromatic carbocycles. The van der Waals surface area contributed by atoms with Crippen molar-refractivity contribution in [3.63, 3.8) is 0 Å². The van der Waals surface area contributed by atoms with E-state index in [1.807, 2.05) is 0 Å².